The molecule has 0 bridgehead atoms. The lowest BCUT2D eigenvalue weighted by Crippen LogP contribution is -2.62. The zero-order chi connectivity index (χ0) is 14.2. The lowest BCUT2D eigenvalue weighted by Gasteiger charge is -2.41. The smallest absolute Gasteiger partial charge is 0.297 e. The zero-order valence-corrected chi connectivity index (χ0v) is 12.1. The van der Waals surface area contributed by atoms with E-state index >= 15 is 0 Å². The van der Waals surface area contributed by atoms with Crippen LogP contribution in [-0.4, -0.2) is 37.6 Å². The fourth-order valence-corrected chi connectivity index (χ4v) is 3.91. The quantitative estimate of drug-likeness (QED) is 0.832. The Balaban J connectivity index is 2.15. The summed E-state index contributed by atoms with van der Waals surface area (Å²) in [5.41, 5.74) is 0.677. The van der Waals surface area contributed by atoms with Gasteiger partial charge in [0.05, 0.1) is 6.54 Å². The molecule has 1 aromatic rings. The van der Waals surface area contributed by atoms with Gasteiger partial charge in [0.2, 0.25) is 10.0 Å². The molecule has 0 spiro atoms. The first kappa shape index (κ1) is 13.9. The van der Waals surface area contributed by atoms with Crippen molar-refractivity contribution in [2.45, 2.75) is 19.1 Å². The molecule has 19 heavy (non-hydrogen) atoms. The van der Waals surface area contributed by atoms with Crippen LogP contribution in [0.3, 0.4) is 0 Å². The molecule has 1 aromatic carbocycles. The second-order valence-corrected chi connectivity index (χ2v) is 7.11. The van der Waals surface area contributed by atoms with Crippen molar-refractivity contribution in [1.82, 2.24) is 4.31 Å². The molecule has 5 nitrogen and oxygen atoms in total. The van der Waals surface area contributed by atoms with Gasteiger partial charge < -0.3 is 0 Å². The summed E-state index contributed by atoms with van der Waals surface area (Å²) < 4.78 is 25.0. The number of nitrogens with zero attached hydrogens (tertiary/aromatic N) is 2. The minimum absolute atomic E-state index is 0.0241. The molecule has 6 heteroatoms. The van der Waals surface area contributed by atoms with Crippen LogP contribution in [0.15, 0.2) is 30.3 Å². The molecule has 104 valence electrons. The maximum atomic E-state index is 12.2. The number of urea groups is 1. The Bertz CT molecular complexity index is 569. The summed E-state index contributed by atoms with van der Waals surface area (Å²) in [6.07, 6.45) is 0. The first-order valence-electron chi connectivity index (χ1n) is 6.20. The van der Waals surface area contributed by atoms with E-state index in [9.17, 15) is 13.2 Å². The third-order valence-electron chi connectivity index (χ3n) is 3.42. The summed E-state index contributed by atoms with van der Waals surface area (Å²) >= 11 is 0. The number of rotatable bonds is 2. The molecule has 1 atom stereocenters. The number of carbonyl (C=O) groups is 1. The van der Waals surface area contributed by atoms with Crippen LogP contribution in [-0.2, 0) is 10.0 Å². The average molecular weight is 282 g/mol. The number of amides is 2. The highest BCUT2D eigenvalue weighted by Crippen LogP contribution is 2.30. The minimum atomic E-state index is -3.47. The SMILES string of the molecule is CC(C)C1CN(C(=O)N(C)c2ccccc2)S1(=O)=O. The monoisotopic (exact) mass is 282 g/mol. The predicted octanol–water partition coefficient (Wildman–Crippen LogP) is 1.91. The second-order valence-electron chi connectivity index (χ2n) is 5.04. The molecule has 0 aliphatic carbocycles. The van der Waals surface area contributed by atoms with Crippen LogP contribution < -0.4 is 4.90 Å². The van der Waals surface area contributed by atoms with Gasteiger partial charge in [-0.2, -0.15) is 0 Å². The molecule has 1 unspecified atom stereocenters. The van der Waals surface area contributed by atoms with Crippen molar-refractivity contribution in [2.75, 3.05) is 18.5 Å². The predicted molar refractivity (Wildman–Crippen MR) is 74.5 cm³/mol. The molecule has 1 aliphatic heterocycles. The van der Waals surface area contributed by atoms with E-state index in [-0.39, 0.29) is 12.5 Å². The highest BCUT2D eigenvalue weighted by molar-refractivity contribution is 7.91. The fourth-order valence-electron chi connectivity index (χ4n) is 2.11. The van der Waals surface area contributed by atoms with Gasteiger partial charge in [-0.05, 0) is 18.1 Å². The summed E-state index contributed by atoms with van der Waals surface area (Å²) in [6.45, 7) is 3.98. The molecule has 1 aliphatic rings. The number of sulfonamides is 1. The molecule has 0 radical (unpaired) electrons. The third-order valence-corrected chi connectivity index (χ3v) is 5.80. The molecule has 1 heterocycles. The molecular formula is C13H18N2O3S. The zero-order valence-electron chi connectivity index (χ0n) is 11.3. The maximum Gasteiger partial charge on any atom is 0.337 e. The topological polar surface area (TPSA) is 57.7 Å². The first-order valence-corrected chi connectivity index (χ1v) is 7.70. The van der Waals surface area contributed by atoms with Crippen LogP contribution >= 0.6 is 0 Å². The molecule has 0 aromatic heterocycles. The van der Waals surface area contributed by atoms with E-state index in [1.54, 1.807) is 31.3 Å². The van der Waals surface area contributed by atoms with Crippen molar-refractivity contribution in [3.63, 3.8) is 0 Å². The minimum Gasteiger partial charge on any atom is -0.297 e. The third kappa shape index (κ3) is 2.32. The molecular weight excluding hydrogens is 264 g/mol. The van der Waals surface area contributed by atoms with E-state index in [0.717, 1.165) is 4.31 Å². The number of hydrogen-bond acceptors (Lipinski definition) is 3. The Hall–Kier alpha value is -1.56. The van der Waals surface area contributed by atoms with Crippen LogP contribution in [0.1, 0.15) is 13.8 Å². The Morgan fingerprint density at radius 3 is 2.37 bits per heavy atom. The van der Waals surface area contributed by atoms with Crippen molar-refractivity contribution in [3.8, 4) is 0 Å². The van der Waals surface area contributed by atoms with Gasteiger partial charge in [-0.3, -0.25) is 4.90 Å². The highest BCUT2D eigenvalue weighted by atomic mass is 32.2. The van der Waals surface area contributed by atoms with Crippen molar-refractivity contribution in [1.29, 1.82) is 0 Å². The molecule has 0 saturated carbocycles. The van der Waals surface area contributed by atoms with Gasteiger partial charge >= 0.3 is 6.03 Å². The molecule has 2 amide bonds. The Kier molecular flexibility index (Phi) is 3.54. The van der Waals surface area contributed by atoms with E-state index in [2.05, 4.69) is 0 Å². The molecule has 1 fully saturated rings. The largest absolute Gasteiger partial charge is 0.337 e. The molecule has 2 rings (SSSR count). The van der Waals surface area contributed by atoms with Gasteiger partial charge in [-0.15, -0.1) is 0 Å². The second kappa shape index (κ2) is 4.85. The molecule has 0 N–H and O–H groups in total. The van der Waals surface area contributed by atoms with E-state index < -0.39 is 21.3 Å². The van der Waals surface area contributed by atoms with E-state index in [4.69, 9.17) is 0 Å². The summed E-state index contributed by atoms with van der Waals surface area (Å²) in [5, 5.41) is -0.444. The summed E-state index contributed by atoms with van der Waals surface area (Å²) in [6, 6.07) is 8.50. The summed E-state index contributed by atoms with van der Waals surface area (Å²) in [4.78, 5) is 13.5. The van der Waals surface area contributed by atoms with Gasteiger partial charge in [0.1, 0.15) is 5.25 Å². The van der Waals surface area contributed by atoms with E-state index in [1.807, 2.05) is 19.9 Å². The maximum absolute atomic E-state index is 12.2. The number of carbonyl (C=O) groups excluding carboxylic acids is 1. The first-order chi connectivity index (χ1) is 8.85. The van der Waals surface area contributed by atoms with E-state index in [0.29, 0.717) is 5.69 Å². The number of benzene rings is 1. The number of anilines is 1. The van der Waals surface area contributed by atoms with Gasteiger partial charge in [0.15, 0.2) is 0 Å². The lowest BCUT2D eigenvalue weighted by atomic mass is 10.1. The highest BCUT2D eigenvalue weighted by Gasteiger charge is 2.49. The van der Waals surface area contributed by atoms with Crippen molar-refractivity contribution in [3.05, 3.63) is 30.3 Å². The number of para-hydroxylation sites is 1. The summed E-state index contributed by atoms with van der Waals surface area (Å²) in [5.74, 6) is 0.0241. The van der Waals surface area contributed by atoms with Gasteiger partial charge in [-0.1, -0.05) is 32.0 Å². The Morgan fingerprint density at radius 2 is 1.89 bits per heavy atom. The van der Waals surface area contributed by atoms with Gasteiger partial charge in [-0.25, -0.2) is 17.5 Å². The van der Waals surface area contributed by atoms with Crippen molar-refractivity contribution >= 4 is 21.7 Å². The van der Waals surface area contributed by atoms with E-state index in [1.165, 1.54) is 4.90 Å². The van der Waals surface area contributed by atoms with Crippen LogP contribution in [0.4, 0.5) is 10.5 Å². The van der Waals surface area contributed by atoms with Gasteiger partial charge in [0, 0.05) is 12.7 Å². The fraction of sp³-hybridized carbons (Fsp3) is 0.462. The summed E-state index contributed by atoms with van der Waals surface area (Å²) in [7, 11) is -1.89. The lowest BCUT2D eigenvalue weighted by molar-refractivity contribution is 0.220. The standard InChI is InChI=1S/C13H18N2O3S/c1-10(2)12-9-15(19(12,17)18)13(16)14(3)11-7-5-4-6-8-11/h4-8,10,12H,9H2,1-3H3. The Morgan fingerprint density at radius 1 is 1.32 bits per heavy atom. The Labute approximate surface area is 113 Å². The normalized spacial score (nSPS) is 21.1. The van der Waals surface area contributed by atoms with Gasteiger partial charge in [0.25, 0.3) is 0 Å². The van der Waals surface area contributed by atoms with Crippen LogP contribution in [0.5, 0.6) is 0 Å². The van der Waals surface area contributed by atoms with Crippen LogP contribution in [0.25, 0.3) is 0 Å². The average Bonchev–Trinajstić information content (AvgIpc) is 2.37. The van der Waals surface area contributed by atoms with Crippen LogP contribution in [0.2, 0.25) is 0 Å². The van der Waals surface area contributed by atoms with Crippen molar-refractivity contribution < 1.29 is 13.2 Å². The van der Waals surface area contributed by atoms with Crippen molar-refractivity contribution in [2.24, 2.45) is 5.92 Å². The van der Waals surface area contributed by atoms with Crippen LogP contribution in [0, 0.1) is 5.92 Å². The molecule has 1 saturated heterocycles. The number of hydrogen-bond donors (Lipinski definition) is 0.